The number of phenols is 1. The van der Waals surface area contributed by atoms with Gasteiger partial charge in [-0.2, -0.15) is 0 Å². The Morgan fingerprint density at radius 1 is 0.553 bits per heavy atom. The number of benzene rings is 1. The topological polar surface area (TPSA) is 104 Å². The van der Waals surface area contributed by atoms with Crippen LogP contribution < -0.4 is 16.4 Å². The number of carbonyl (C=O) groups excluding carboxylic acids is 2. The van der Waals surface area contributed by atoms with Gasteiger partial charge >= 0.3 is 0 Å². The Balaban J connectivity index is 1.77. The van der Waals surface area contributed by atoms with Gasteiger partial charge in [0.1, 0.15) is 5.75 Å². The summed E-state index contributed by atoms with van der Waals surface area (Å²) < 4.78 is 0. The second-order valence-electron chi connectivity index (χ2n) is 10.8. The molecule has 38 heavy (non-hydrogen) atoms. The number of hydrogen-bond donors (Lipinski definition) is 4. The van der Waals surface area contributed by atoms with Crippen LogP contribution in [0.15, 0.2) is 24.3 Å². The van der Waals surface area contributed by atoms with Gasteiger partial charge in [0.2, 0.25) is 11.8 Å². The first-order chi connectivity index (χ1) is 18.6. The molecule has 1 aromatic carbocycles. The molecule has 0 bridgehead atoms. The number of rotatable bonds is 26. The summed E-state index contributed by atoms with van der Waals surface area (Å²) in [4.78, 5) is 23.9. The average molecular weight is 532 g/mol. The molecule has 0 saturated carbocycles. The van der Waals surface area contributed by atoms with Crippen LogP contribution in [0.25, 0.3) is 0 Å². The van der Waals surface area contributed by atoms with E-state index < -0.39 is 0 Å². The Morgan fingerprint density at radius 2 is 0.947 bits per heavy atom. The van der Waals surface area contributed by atoms with E-state index in [-0.39, 0.29) is 17.6 Å². The highest BCUT2D eigenvalue weighted by atomic mass is 16.3. The molecule has 0 aromatic heterocycles. The Bertz CT molecular complexity index is 694. The average Bonchev–Trinajstić information content (AvgIpc) is 2.91. The van der Waals surface area contributed by atoms with Gasteiger partial charge in [-0.15, -0.1) is 0 Å². The monoisotopic (exact) mass is 531 g/mol. The summed E-state index contributed by atoms with van der Waals surface area (Å²) in [5.41, 5.74) is 6.63. The number of amides is 2. The zero-order valence-electron chi connectivity index (χ0n) is 24.1. The van der Waals surface area contributed by atoms with Crippen molar-refractivity contribution in [1.82, 2.24) is 10.6 Å². The second-order valence-corrected chi connectivity index (χ2v) is 10.8. The molecule has 0 spiro atoms. The molecule has 0 atom stereocenters. The van der Waals surface area contributed by atoms with Crippen molar-refractivity contribution in [1.29, 1.82) is 0 Å². The molecule has 218 valence electrons. The van der Waals surface area contributed by atoms with E-state index in [9.17, 15) is 14.7 Å². The molecule has 0 heterocycles. The van der Waals surface area contributed by atoms with Crippen LogP contribution in [0.2, 0.25) is 0 Å². The predicted molar refractivity (Wildman–Crippen MR) is 159 cm³/mol. The van der Waals surface area contributed by atoms with Crippen molar-refractivity contribution >= 4 is 11.8 Å². The van der Waals surface area contributed by atoms with Crippen LogP contribution >= 0.6 is 0 Å². The highest BCUT2D eigenvalue weighted by Crippen LogP contribution is 2.12. The summed E-state index contributed by atoms with van der Waals surface area (Å²) in [6.45, 7) is 2.29. The molecule has 1 rings (SSSR count). The van der Waals surface area contributed by atoms with Crippen molar-refractivity contribution in [3.05, 3.63) is 29.8 Å². The van der Waals surface area contributed by atoms with Gasteiger partial charge in [-0.1, -0.05) is 102 Å². The molecule has 1 aromatic rings. The molecule has 0 fully saturated rings. The Morgan fingerprint density at radius 3 is 1.42 bits per heavy atom. The molecule has 2 amide bonds. The minimum atomic E-state index is 0.127. The van der Waals surface area contributed by atoms with E-state index in [0.29, 0.717) is 19.4 Å². The Hall–Kier alpha value is -2.08. The van der Waals surface area contributed by atoms with Crippen LogP contribution in [-0.2, 0) is 16.0 Å². The smallest absolute Gasteiger partial charge is 0.220 e. The third kappa shape index (κ3) is 22.0. The van der Waals surface area contributed by atoms with Crippen molar-refractivity contribution < 1.29 is 14.7 Å². The van der Waals surface area contributed by atoms with E-state index in [1.165, 1.54) is 83.5 Å². The molecule has 6 heteroatoms. The van der Waals surface area contributed by atoms with Crippen LogP contribution in [-0.4, -0.2) is 36.6 Å². The zero-order chi connectivity index (χ0) is 27.5. The molecule has 0 aliphatic rings. The molecule has 0 radical (unpaired) electrons. The Labute approximate surface area is 232 Å². The summed E-state index contributed by atoms with van der Waals surface area (Å²) >= 11 is 0. The van der Waals surface area contributed by atoms with Crippen molar-refractivity contribution in [2.75, 3.05) is 19.6 Å². The highest BCUT2D eigenvalue weighted by molar-refractivity contribution is 5.76. The summed E-state index contributed by atoms with van der Waals surface area (Å²) in [7, 11) is 0. The lowest BCUT2D eigenvalue weighted by Crippen LogP contribution is -2.25. The van der Waals surface area contributed by atoms with Crippen molar-refractivity contribution in [2.45, 2.75) is 135 Å². The lowest BCUT2D eigenvalue weighted by molar-refractivity contribution is -0.122. The van der Waals surface area contributed by atoms with Gasteiger partial charge in [0.25, 0.3) is 0 Å². The maximum atomic E-state index is 12.0. The van der Waals surface area contributed by atoms with Crippen molar-refractivity contribution in [3.8, 4) is 5.75 Å². The Kier molecular flexibility index (Phi) is 22.5. The number of phenolic OH excluding ortho intramolecular Hbond substituents is 1. The fourth-order valence-electron chi connectivity index (χ4n) is 4.73. The normalized spacial score (nSPS) is 11.0. The van der Waals surface area contributed by atoms with Crippen LogP contribution in [0.3, 0.4) is 0 Å². The standard InChI is InChI=1S/C32H57N3O3/c33-26-17-13-9-5-1-2-6-10-14-18-27-34-31(37)19-15-11-7-3-4-8-12-16-20-32(38)35-28-25-29-21-23-30(36)24-22-29/h21-24,36H,1-20,25-28,33H2,(H,34,37)(H,35,38). The van der Waals surface area contributed by atoms with Gasteiger partial charge in [0.05, 0.1) is 0 Å². The number of hydrogen-bond acceptors (Lipinski definition) is 4. The molecule has 6 nitrogen and oxygen atoms in total. The number of nitrogens with two attached hydrogens (primary N) is 1. The third-order valence-electron chi connectivity index (χ3n) is 7.18. The first kappa shape index (κ1) is 33.9. The number of carbonyl (C=O) groups is 2. The maximum Gasteiger partial charge on any atom is 0.220 e. The fourth-order valence-corrected chi connectivity index (χ4v) is 4.73. The zero-order valence-corrected chi connectivity index (χ0v) is 24.1. The highest BCUT2D eigenvalue weighted by Gasteiger charge is 2.03. The van der Waals surface area contributed by atoms with Crippen LogP contribution in [0.4, 0.5) is 0 Å². The minimum absolute atomic E-state index is 0.127. The van der Waals surface area contributed by atoms with E-state index in [0.717, 1.165) is 57.2 Å². The lowest BCUT2D eigenvalue weighted by Gasteiger charge is -2.06. The molecule has 0 saturated heterocycles. The number of nitrogens with one attached hydrogen (secondary N) is 2. The SMILES string of the molecule is NCCCCCCCCCCCCNC(=O)CCCCCCCCCCC(=O)NCCc1ccc(O)cc1. The van der Waals surface area contributed by atoms with E-state index in [1.807, 2.05) is 12.1 Å². The molecular weight excluding hydrogens is 474 g/mol. The summed E-state index contributed by atoms with van der Waals surface area (Å²) in [6, 6.07) is 7.11. The summed E-state index contributed by atoms with van der Waals surface area (Å²) in [5, 5.41) is 15.4. The van der Waals surface area contributed by atoms with Crippen molar-refractivity contribution in [2.24, 2.45) is 5.73 Å². The predicted octanol–water partition coefficient (Wildman–Crippen LogP) is 6.93. The summed E-state index contributed by atoms with van der Waals surface area (Å²) in [5.74, 6) is 0.606. The first-order valence-electron chi connectivity index (χ1n) is 15.6. The van der Waals surface area contributed by atoms with Gasteiger partial charge in [0.15, 0.2) is 0 Å². The first-order valence-corrected chi connectivity index (χ1v) is 15.6. The van der Waals surface area contributed by atoms with E-state index in [2.05, 4.69) is 10.6 Å². The number of aromatic hydroxyl groups is 1. The van der Waals surface area contributed by atoms with Gasteiger partial charge < -0.3 is 21.5 Å². The third-order valence-corrected chi connectivity index (χ3v) is 7.18. The molecule has 0 aliphatic carbocycles. The van der Waals surface area contributed by atoms with Crippen LogP contribution in [0.5, 0.6) is 5.75 Å². The van der Waals surface area contributed by atoms with Gasteiger partial charge in [-0.3, -0.25) is 9.59 Å². The quantitative estimate of drug-likeness (QED) is 0.0973. The molecular formula is C32H57N3O3. The largest absolute Gasteiger partial charge is 0.508 e. The van der Waals surface area contributed by atoms with E-state index >= 15 is 0 Å². The molecule has 5 N–H and O–H groups in total. The fraction of sp³-hybridized carbons (Fsp3) is 0.750. The second kappa shape index (κ2) is 25.2. The van der Waals surface area contributed by atoms with Gasteiger partial charge in [-0.25, -0.2) is 0 Å². The molecule has 0 aliphatic heterocycles. The van der Waals surface area contributed by atoms with Crippen LogP contribution in [0.1, 0.15) is 134 Å². The maximum absolute atomic E-state index is 12.0. The number of unbranched alkanes of at least 4 members (excludes halogenated alkanes) is 16. The van der Waals surface area contributed by atoms with Gasteiger partial charge in [-0.05, 0) is 56.3 Å². The van der Waals surface area contributed by atoms with Crippen LogP contribution in [0, 0.1) is 0 Å². The summed E-state index contributed by atoms with van der Waals surface area (Å²) in [6.07, 6.45) is 23.8. The van der Waals surface area contributed by atoms with E-state index in [4.69, 9.17) is 5.73 Å². The van der Waals surface area contributed by atoms with Gasteiger partial charge in [0, 0.05) is 25.9 Å². The minimum Gasteiger partial charge on any atom is -0.508 e. The van der Waals surface area contributed by atoms with E-state index in [1.54, 1.807) is 12.1 Å². The van der Waals surface area contributed by atoms with Crippen molar-refractivity contribution in [3.63, 3.8) is 0 Å². The lowest BCUT2D eigenvalue weighted by atomic mass is 10.1. The molecule has 0 unspecified atom stereocenters.